The predicted octanol–water partition coefficient (Wildman–Crippen LogP) is 2.86. The Balaban J connectivity index is 1.36. The Kier molecular flexibility index (Phi) is 4.72. The monoisotopic (exact) mass is 402 g/mol. The lowest BCUT2D eigenvalue weighted by atomic mass is 9.87. The van der Waals surface area contributed by atoms with Gasteiger partial charge in [-0.1, -0.05) is 0 Å². The quantitative estimate of drug-likeness (QED) is 0.699. The molecule has 7 nitrogen and oxygen atoms in total. The molecule has 1 aliphatic heterocycles. The summed E-state index contributed by atoms with van der Waals surface area (Å²) < 4.78 is 2.21. The van der Waals surface area contributed by atoms with Crippen LogP contribution in [0, 0.1) is 11.3 Å². The molecule has 2 aromatic heterocycles. The molecule has 0 unspecified atom stereocenters. The van der Waals surface area contributed by atoms with Crippen LogP contribution in [0.3, 0.4) is 0 Å². The first-order valence-electron chi connectivity index (χ1n) is 10.5. The van der Waals surface area contributed by atoms with E-state index >= 15 is 0 Å². The van der Waals surface area contributed by atoms with Crippen LogP contribution in [0.15, 0.2) is 42.6 Å². The van der Waals surface area contributed by atoms with E-state index in [-0.39, 0.29) is 0 Å². The number of piperazine rings is 1. The summed E-state index contributed by atoms with van der Waals surface area (Å²) in [6, 6.07) is 14.8. The summed E-state index contributed by atoms with van der Waals surface area (Å²) in [6.07, 6.45) is 4.12. The third kappa shape index (κ3) is 3.23. The zero-order valence-electron chi connectivity index (χ0n) is 17.1. The van der Waals surface area contributed by atoms with Crippen LogP contribution in [0.1, 0.15) is 24.4 Å². The molecule has 2 N–H and O–H groups in total. The zero-order valence-corrected chi connectivity index (χ0v) is 17.1. The molecule has 1 aromatic carbocycles. The highest BCUT2D eigenvalue weighted by molar-refractivity contribution is 5.85. The maximum atomic E-state index is 9.56. The minimum atomic E-state index is 0.294. The number of nitrogens with one attached hydrogen (secondary N) is 1. The number of anilines is 2. The SMILES string of the molecule is CN[C@H]1C[C@H](n2cc(C#N)c3ccc(N4CCN(c5ccc(O)cc5)CC4)nc32)C1. The van der Waals surface area contributed by atoms with Crippen LogP contribution in [0.5, 0.6) is 5.75 Å². The fourth-order valence-corrected chi connectivity index (χ4v) is 4.57. The predicted molar refractivity (Wildman–Crippen MR) is 118 cm³/mol. The molecule has 1 saturated carbocycles. The van der Waals surface area contributed by atoms with Crippen molar-refractivity contribution in [2.24, 2.45) is 0 Å². The topological polar surface area (TPSA) is 80.4 Å². The molecular formula is C23H26N6O. The molecule has 2 fully saturated rings. The summed E-state index contributed by atoms with van der Waals surface area (Å²) in [5.41, 5.74) is 2.76. The molecular weight excluding hydrogens is 376 g/mol. The summed E-state index contributed by atoms with van der Waals surface area (Å²) in [5.74, 6) is 1.27. The summed E-state index contributed by atoms with van der Waals surface area (Å²) in [5, 5.41) is 23.3. The summed E-state index contributed by atoms with van der Waals surface area (Å²) >= 11 is 0. The van der Waals surface area contributed by atoms with E-state index in [0.29, 0.717) is 23.4 Å². The number of phenols is 1. The van der Waals surface area contributed by atoms with E-state index in [1.165, 1.54) is 0 Å². The van der Waals surface area contributed by atoms with Crippen molar-refractivity contribution in [3.63, 3.8) is 0 Å². The maximum absolute atomic E-state index is 9.56. The summed E-state index contributed by atoms with van der Waals surface area (Å²) in [7, 11) is 2.00. The van der Waals surface area contributed by atoms with E-state index < -0.39 is 0 Å². The van der Waals surface area contributed by atoms with Crippen LogP contribution in [0.2, 0.25) is 0 Å². The van der Waals surface area contributed by atoms with Gasteiger partial charge in [0.05, 0.1) is 5.56 Å². The van der Waals surface area contributed by atoms with E-state index in [0.717, 1.165) is 61.6 Å². The van der Waals surface area contributed by atoms with Gasteiger partial charge in [-0.05, 0) is 56.3 Å². The Morgan fingerprint density at radius 2 is 1.73 bits per heavy atom. The summed E-state index contributed by atoms with van der Waals surface area (Å²) in [4.78, 5) is 9.64. The second-order valence-electron chi connectivity index (χ2n) is 8.20. The molecule has 5 rings (SSSR count). The van der Waals surface area contributed by atoms with Gasteiger partial charge >= 0.3 is 0 Å². The molecule has 0 bridgehead atoms. The number of aromatic nitrogens is 2. The number of benzene rings is 1. The van der Waals surface area contributed by atoms with Crippen molar-refractivity contribution in [1.82, 2.24) is 14.9 Å². The number of pyridine rings is 1. The molecule has 30 heavy (non-hydrogen) atoms. The third-order valence-corrected chi connectivity index (χ3v) is 6.52. The lowest BCUT2D eigenvalue weighted by molar-refractivity contribution is 0.240. The van der Waals surface area contributed by atoms with Gasteiger partial charge in [0, 0.05) is 55.5 Å². The standard InChI is InChI=1S/C23H26N6O/c1-25-17-12-19(13-17)29-15-16(14-24)21-6-7-22(26-23(21)29)28-10-8-27(9-11-28)18-2-4-20(30)5-3-18/h2-7,15,17,19,25,30H,8-13H2,1H3/t17-,19-. The van der Waals surface area contributed by atoms with Gasteiger partial charge in [0.25, 0.3) is 0 Å². The van der Waals surface area contributed by atoms with Crippen LogP contribution in [-0.4, -0.2) is 53.9 Å². The van der Waals surface area contributed by atoms with Crippen molar-refractivity contribution < 1.29 is 5.11 Å². The zero-order chi connectivity index (χ0) is 20.7. The van der Waals surface area contributed by atoms with Crippen molar-refractivity contribution in [1.29, 1.82) is 5.26 Å². The number of aromatic hydroxyl groups is 1. The largest absolute Gasteiger partial charge is 0.508 e. The number of phenolic OH excluding ortho intramolecular Hbond substituents is 1. The molecule has 1 aliphatic carbocycles. The Morgan fingerprint density at radius 1 is 1.03 bits per heavy atom. The maximum Gasteiger partial charge on any atom is 0.143 e. The van der Waals surface area contributed by atoms with Gasteiger partial charge in [-0.2, -0.15) is 5.26 Å². The average Bonchev–Trinajstić information content (AvgIpc) is 3.11. The van der Waals surface area contributed by atoms with Crippen LogP contribution < -0.4 is 15.1 Å². The van der Waals surface area contributed by atoms with Crippen molar-refractivity contribution in [2.75, 3.05) is 43.0 Å². The van der Waals surface area contributed by atoms with E-state index in [4.69, 9.17) is 4.98 Å². The first-order chi connectivity index (χ1) is 14.7. The summed E-state index contributed by atoms with van der Waals surface area (Å²) in [6.45, 7) is 3.58. The van der Waals surface area contributed by atoms with E-state index in [2.05, 4.69) is 25.8 Å². The van der Waals surface area contributed by atoms with Gasteiger partial charge in [-0.15, -0.1) is 0 Å². The molecule has 1 saturated heterocycles. The lowest BCUT2D eigenvalue weighted by Crippen LogP contribution is -2.46. The minimum absolute atomic E-state index is 0.294. The van der Waals surface area contributed by atoms with Crippen LogP contribution in [-0.2, 0) is 0 Å². The third-order valence-electron chi connectivity index (χ3n) is 6.52. The fraction of sp³-hybridized carbons (Fsp3) is 0.391. The van der Waals surface area contributed by atoms with Gasteiger partial charge in [-0.3, -0.25) is 0 Å². The number of hydrogen-bond donors (Lipinski definition) is 2. The first-order valence-corrected chi connectivity index (χ1v) is 10.5. The number of rotatable bonds is 4. The smallest absolute Gasteiger partial charge is 0.143 e. The van der Waals surface area contributed by atoms with Crippen LogP contribution >= 0.6 is 0 Å². The van der Waals surface area contributed by atoms with Crippen molar-refractivity contribution in [3.8, 4) is 11.8 Å². The Bertz CT molecular complexity index is 1090. The molecule has 2 aliphatic rings. The lowest BCUT2D eigenvalue weighted by Gasteiger charge is -2.37. The number of nitrogens with zero attached hydrogens (tertiary/aromatic N) is 5. The fourth-order valence-electron chi connectivity index (χ4n) is 4.57. The second kappa shape index (κ2) is 7.54. The molecule has 0 spiro atoms. The van der Waals surface area contributed by atoms with E-state index in [9.17, 15) is 10.4 Å². The van der Waals surface area contributed by atoms with Gasteiger partial charge in [0.1, 0.15) is 23.3 Å². The van der Waals surface area contributed by atoms with Crippen molar-refractivity contribution in [3.05, 3.63) is 48.2 Å². The highest BCUT2D eigenvalue weighted by Crippen LogP contribution is 2.36. The number of fused-ring (bicyclic) bond motifs is 1. The van der Waals surface area contributed by atoms with Crippen molar-refractivity contribution >= 4 is 22.5 Å². The molecule has 0 amide bonds. The molecule has 154 valence electrons. The minimum Gasteiger partial charge on any atom is -0.508 e. The molecule has 0 radical (unpaired) electrons. The second-order valence-corrected chi connectivity index (χ2v) is 8.20. The van der Waals surface area contributed by atoms with Gasteiger partial charge in [-0.25, -0.2) is 4.98 Å². The Hall–Kier alpha value is -3.24. The molecule has 0 atom stereocenters. The highest BCUT2D eigenvalue weighted by Gasteiger charge is 2.31. The van der Waals surface area contributed by atoms with E-state index in [1.807, 2.05) is 37.5 Å². The molecule has 3 aromatic rings. The van der Waals surface area contributed by atoms with Gasteiger partial charge in [0.15, 0.2) is 0 Å². The van der Waals surface area contributed by atoms with Gasteiger partial charge < -0.3 is 24.8 Å². The molecule has 7 heteroatoms. The van der Waals surface area contributed by atoms with Crippen LogP contribution in [0.4, 0.5) is 11.5 Å². The Labute approximate surface area is 176 Å². The Morgan fingerprint density at radius 3 is 2.40 bits per heavy atom. The first kappa shape index (κ1) is 18.8. The van der Waals surface area contributed by atoms with Gasteiger partial charge in [0.2, 0.25) is 0 Å². The number of nitriles is 1. The van der Waals surface area contributed by atoms with E-state index in [1.54, 1.807) is 12.1 Å². The number of hydrogen-bond acceptors (Lipinski definition) is 6. The molecule has 3 heterocycles. The average molecular weight is 403 g/mol. The highest BCUT2D eigenvalue weighted by atomic mass is 16.3. The normalized spacial score (nSPS) is 21.5. The van der Waals surface area contributed by atoms with Crippen molar-refractivity contribution in [2.45, 2.75) is 24.9 Å². The van der Waals surface area contributed by atoms with Crippen LogP contribution in [0.25, 0.3) is 11.0 Å².